The minimum Gasteiger partial charge on any atom is -0.489 e. The van der Waals surface area contributed by atoms with E-state index < -0.39 is 5.97 Å². The molecular weight excluding hydrogens is 266 g/mol. The van der Waals surface area contributed by atoms with Crippen LogP contribution in [0.25, 0.3) is 0 Å². The highest BCUT2D eigenvalue weighted by molar-refractivity contribution is 6.32. The van der Waals surface area contributed by atoms with Gasteiger partial charge in [-0.15, -0.1) is 0 Å². The number of nitrogens with one attached hydrogen (secondary N) is 1. The van der Waals surface area contributed by atoms with Crippen molar-refractivity contribution in [1.29, 1.82) is 0 Å². The Bertz CT molecular complexity index is 421. The summed E-state index contributed by atoms with van der Waals surface area (Å²) >= 11 is 6.12. The molecule has 0 unspecified atom stereocenters. The van der Waals surface area contributed by atoms with Crippen LogP contribution in [0.15, 0.2) is 18.2 Å². The van der Waals surface area contributed by atoms with Gasteiger partial charge in [-0.3, -0.25) is 4.79 Å². The van der Waals surface area contributed by atoms with Crippen molar-refractivity contribution in [2.45, 2.75) is 39.3 Å². The van der Waals surface area contributed by atoms with Crippen LogP contribution in [0.5, 0.6) is 5.75 Å². The van der Waals surface area contributed by atoms with E-state index in [2.05, 4.69) is 5.32 Å². The molecule has 0 fully saturated rings. The SMILES string of the molecule is CC(C)Oc1ccc(CNCCCC(=O)O)cc1Cl. The topological polar surface area (TPSA) is 58.6 Å². The largest absolute Gasteiger partial charge is 0.489 e. The summed E-state index contributed by atoms with van der Waals surface area (Å²) in [4.78, 5) is 10.3. The molecule has 1 aromatic carbocycles. The highest BCUT2D eigenvalue weighted by atomic mass is 35.5. The molecule has 0 radical (unpaired) electrons. The number of hydrogen-bond acceptors (Lipinski definition) is 3. The zero-order chi connectivity index (χ0) is 14.3. The number of hydrogen-bond donors (Lipinski definition) is 2. The standard InChI is InChI=1S/C14H20ClNO3/c1-10(2)19-13-6-5-11(8-12(13)15)9-16-7-3-4-14(17)18/h5-6,8,10,16H,3-4,7,9H2,1-2H3,(H,17,18). The fourth-order valence-electron chi connectivity index (χ4n) is 1.60. The van der Waals surface area contributed by atoms with Crippen molar-refractivity contribution in [3.63, 3.8) is 0 Å². The number of carboxylic acid groups (broad SMARTS) is 1. The van der Waals surface area contributed by atoms with Crippen molar-refractivity contribution in [1.82, 2.24) is 5.32 Å². The Morgan fingerprint density at radius 3 is 2.79 bits per heavy atom. The maximum atomic E-state index is 10.3. The maximum Gasteiger partial charge on any atom is 0.303 e. The first-order valence-corrected chi connectivity index (χ1v) is 6.74. The molecule has 0 aliphatic carbocycles. The molecule has 0 aromatic heterocycles. The second-order valence-corrected chi connectivity index (χ2v) is 5.01. The third-order valence-electron chi connectivity index (χ3n) is 2.43. The Hall–Kier alpha value is -1.26. The molecule has 0 aliphatic rings. The van der Waals surface area contributed by atoms with E-state index in [1.165, 1.54) is 0 Å². The smallest absolute Gasteiger partial charge is 0.303 e. The number of carbonyl (C=O) groups is 1. The minimum absolute atomic E-state index is 0.0949. The summed E-state index contributed by atoms with van der Waals surface area (Å²) in [6, 6.07) is 5.67. The van der Waals surface area contributed by atoms with Gasteiger partial charge < -0.3 is 15.2 Å². The van der Waals surface area contributed by atoms with Crippen molar-refractivity contribution < 1.29 is 14.6 Å². The summed E-state index contributed by atoms with van der Waals surface area (Å²) in [5.41, 5.74) is 1.05. The van der Waals surface area contributed by atoms with Gasteiger partial charge in [-0.05, 0) is 44.5 Å². The molecule has 19 heavy (non-hydrogen) atoms. The molecule has 0 atom stereocenters. The molecule has 0 aliphatic heterocycles. The number of rotatable bonds is 8. The zero-order valence-electron chi connectivity index (χ0n) is 11.3. The summed E-state index contributed by atoms with van der Waals surface area (Å²) in [7, 11) is 0. The first-order chi connectivity index (χ1) is 8.99. The van der Waals surface area contributed by atoms with Crippen LogP contribution < -0.4 is 10.1 Å². The Morgan fingerprint density at radius 1 is 1.47 bits per heavy atom. The predicted molar refractivity (Wildman–Crippen MR) is 75.8 cm³/mol. The highest BCUT2D eigenvalue weighted by Gasteiger charge is 2.05. The van der Waals surface area contributed by atoms with E-state index in [0.29, 0.717) is 30.3 Å². The average Bonchev–Trinajstić information content (AvgIpc) is 2.31. The van der Waals surface area contributed by atoms with Crippen molar-refractivity contribution in [2.24, 2.45) is 0 Å². The number of ether oxygens (including phenoxy) is 1. The minimum atomic E-state index is -0.764. The van der Waals surface area contributed by atoms with Gasteiger partial charge in [0.05, 0.1) is 11.1 Å². The Balaban J connectivity index is 2.39. The van der Waals surface area contributed by atoms with Gasteiger partial charge in [0.2, 0.25) is 0 Å². The lowest BCUT2D eigenvalue weighted by Crippen LogP contribution is -2.15. The van der Waals surface area contributed by atoms with E-state index in [0.717, 1.165) is 5.56 Å². The van der Waals surface area contributed by atoms with E-state index in [1.54, 1.807) is 0 Å². The number of carboxylic acids is 1. The van der Waals surface area contributed by atoms with Gasteiger partial charge in [-0.1, -0.05) is 17.7 Å². The molecule has 4 nitrogen and oxygen atoms in total. The summed E-state index contributed by atoms with van der Waals surface area (Å²) in [5, 5.41) is 12.3. The molecule has 0 amide bonds. The number of benzene rings is 1. The van der Waals surface area contributed by atoms with Gasteiger partial charge in [0.1, 0.15) is 5.75 Å². The van der Waals surface area contributed by atoms with Crippen LogP contribution in [0.1, 0.15) is 32.3 Å². The molecule has 106 valence electrons. The monoisotopic (exact) mass is 285 g/mol. The van der Waals surface area contributed by atoms with E-state index in [-0.39, 0.29) is 12.5 Å². The van der Waals surface area contributed by atoms with Crippen LogP contribution >= 0.6 is 11.6 Å². The van der Waals surface area contributed by atoms with Crippen molar-refractivity contribution in [3.05, 3.63) is 28.8 Å². The van der Waals surface area contributed by atoms with Crippen LogP contribution in [0.3, 0.4) is 0 Å². The summed E-state index contributed by atoms with van der Waals surface area (Å²) in [6.07, 6.45) is 0.907. The van der Waals surface area contributed by atoms with E-state index >= 15 is 0 Å². The van der Waals surface area contributed by atoms with Crippen LogP contribution in [0, 0.1) is 0 Å². The van der Waals surface area contributed by atoms with Crippen LogP contribution in [0.2, 0.25) is 5.02 Å². The second-order valence-electron chi connectivity index (χ2n) is 4.61. The molecular formula is C14H20ClNO3. The first kappa shape index (κ1) is 15.8. The fraction of sp³-hybridized carbons (Fsp3) is 0.500. The normalized spacial score (nSPS) is 10.7. The lowest BCUT2D eigenvalue weighted by Gasteiger charge is -2.12. The Labute approximate surface area is 118 Å². The van der Waals surface area contributed by atoms with Gasteiger partial charge in [-0.25, -0.2) is 0 Å². The van der Waals surface area contributed by atoms with Gasteiger partial charge >= 0.3 is 5.97 Å². The second kappa shape index (κ2) is 8.02. The van der Waals surface area contributed by atoms with Crippen LogP contribution in [-0.2, 0) is 11.3 Å². The predicted octanol–water partition coefficient (Wildman–Crippen LogP) is 3.08. The molecule has 0 saturated heterocycles. The average molecular weight is 286 g/mol. The summed E-state index contributed by atoms with van der Waals surface area (Å²) in [5.74, 6) is -0.0775. The molecule has 5 heteroatoms. The van der Waals surface area contributed by atoms with Gasteiger partial charge in [0.25, 0.3) is 0 Å². The molecule has 1 rings (SSSR count). The third-order valence-corrected chi connectivity index (χ3v) is 2.73. The van der Waals surface area contributed by atoms with Gasteiger partial charge in [-0.2, -0.15) is 0 Å². The van der Waals surface area contributed by atoms with E-state index in [9.17, 15) is 4.79 Å². The van der Waals surface area contributed by atoms with E-state index in [4.69, 9.17) is 21.4 Å². The van der Waals surface area contributed by atoms with Crippen LogP contribution in [-0.4, -0.2) is 23.7 Å². The van der Waals surface area contributed by atoms with Crippen molar-refractivity contribution in [3.8, 4) is 5.75 Å². The molecule has 2 N–H and O–H groups in total. The number of halogens is 1. The molecule has 0 saturated carbocycles. The molecule has 0 bridgehead atoms. The first-order valence-electron chi connectivity index (χ1n) is 6.36. The fourth-order valence-corrected chi connectivity index (χ4v) is 1.85. The van der Waals surface area contributed by atoms with Crippen molar-refractivity contribution in [2.75, 3.05) is 6.54 Å². The Morgan fingerprint density at radius 2 is 2.21 bits per heavy atom. The summed E-state index contributed by atoms with van der Waals surface area (Å²) in [6.45, 7) is 5.25. The molecule has 0 heterocycles. The Kier molecular flexibility index (Phi) is 6.67. The van der Waals surface area contributed by atoms with E-state index in [1.807, 2.05) is 32.0 Å². The maximum absolute atomic E-state index is 10.3. The molecule has 0 spiro atoms. The van der Waals surface area contributed by atoms with Gasteiger partial charge in [0.15, 0.2) is 0 Å². The van der Waals surface area contributed by atoms with Gasteiger partial charge in [0, 0.05) is 13.0 Å². The lowest BCUT2D eigenvalue weighted by atomic mass is 10.2. The lowest BCUT2D eigenvalue weighted by molar-refractivity contribution is -0.137. The third kappa shape index (κ3) is 6.45. The zero-order valence-corrected chi connectivity index (χ0v) is 12.0. The molecule has 1 aromatic rings. The highest BCUT2D eigenvalue weighted by Crippen LogP contribution is 2.26. The van der Waals surface area contributed by atoms with Crippen molar-refractivity contribution >= 4 is 17.6 Å². The summed E-state index contributed by atoms with van der Waals surface area (Å²) < 4.78 is 5.55. The van der Waals surface area contributed by atoms with Crippen LogP contribution in [0.4, 0.5) is 0 Å². The quantitative estimate of drug-likeness (QED) is 0.721. The number of aliphatic carboxylic acids is 1.